The van der Waals surface area contributed by atoms with E-state index < -0.39 is 5.92 Å². The summed E-state index contributed by atoms with van der Waals surface area (Å²) in [5.41, 5.74) is 3.20. The summed E-state index contributed by atoms with van der Waals surface area (Å²) < 4.78 is 6.90. The molecule has 1 amide bonds. The average molecular weight is 375 g/mol. The minimum Gasteiger partial charge on any atom is -0.481 e. The van der Waals surface area contributed by atoms with Crippen LogP contribution in [0.15, 0.2) is 42.7 Å². The molecule has 1 aliphatic carbocycles. The number of aromatic nitrogens is 3. The van der Waals surface area contributed by atoms with E-state index in [-0.39, 0.29) is 5.91 Å². The van der Waals surface area contributed by atoms with E-state index in [9.17, 15) is 4.79 Å². The van der Waals surface area contributed by atoms with E-state index in [0.29, 0.717) is 18.8 Å². The fraction of sp³-hybridized carbons (Fsp3) is 0.333. The molecule has 2 fully saturated rings. The Morgan fingerprint density at radius 2 is 2.07 bits per heavy atom. The number of pyridine rings is 1. The van der Waals surface area contributed by atoms with Gasteiger partial charge in [0.1, 0.15) is 5.92 Å². The number of hydrogen-bond donors (Lipinski definition) is 0. The number of ether oxygens (including phenoxy) is 1. The number of nitriles is 1. The molecular formula is C21H21N5O2. The lowest BCUT2D eigenvalue weighted by Gasteiger charge is -2.16. The van der Waals surface area contributed by atoms with Crippen LogP contribution in [0.2, 0.25) is 0 Å². The molecule has 1 saturated heterocycles. The third-order valence-electron chi connectivity index (χ3n) is 4.72. The Hall–Kier alpha value is -3.40. The van der Waals surface area contributed by atoms with Gasteiger partial charge in [-0.2, -0.15) is 10.4 Å². The first kappa shape index (κ1) is 18.0. The molecule has 3 aromatic rings. The average Bonchev–Trinajstić information content (AvgIpc) is 3.48. The van der Waals surface area contributed by atoms with Crippen molar-refractivity contribution in [2.75, 3.05) is 18.6 Å². The van der Waals surface area contributed by atoms with Crippen LogP contribution < -0.4 is 9.64 Å². The van der Waals surface area contributed by atoms with Gasteiger partial charge in [-0.25, -0.2) is 9.50 Å². The molecule has 1 saturated carbocycles. The van der Waals surface area contributed by atoms with Gasteiger partial charge in [-0.3, -0.25) is 4.79 Å². The van der Waals surface area contributed by atoms with Crippen molar-refractivity contribution in [3.8, 4) is 23.2 Å². The first-order valence-corrected chi connectivity index (χ1v) is 9.41. The van der Waals surface area contributed by atoms with Gasteiger partial charge in [-0.1, -0.05) is 25.3 Å². The Morgan fingerprint density at radius 3 is 2.75 bits per heavy atom. The number of nitrogens with zero attached hydrogens (tertiary/aromatic N) is 5. The summed E-state index contributed by atoms with van der Waals surface area (Å²) >= 11 is 0. The second-order valence-corrected chi connectivity index (χ2v) is 6.86. The molecule has 0 N–H and O–H groups in total. The van der Waals surface area contributed by atoms with Crippen molar-refractivity contribution in [1.29, 1.82) is 5.26 Å². The minimum absolute atomic E-state index is 0.155. The fourth-order valence-corrected chi connectivity index (χ4v) is 3.10. The molecule has 0 radical (unpaired) electrons. The lowest BCUT2D eigenvalue weighted by Crippen LogP contribution is -2.27. The maximum atomic E-state index is 12.4. The molecule has 3 aromatic heterocycles. The zero-order chi connectivity index (χ0) is 19.5. The van der Waals surface area contributed by atoms with Crippen LogP contribution in [0.25, 0.3) is 16.8 Å². The maximum absolute atomic E-state index is 12.4. The third kappa shape index (κ3) is 3.54. The van der Waals surface area contributed by atoms with Crippen molar-refractivity contribution in [3.63, 3.8) is 0 Å². The van der Waals surface area contributed by atoms with Crippen molar-refractivity contribution in [2.45, 2.75) is 25.7 Å². The fourth-order valence-electron chi connectivity index (χ4n) is 3.10. The van der Waals surface area contributed by atoms with Gasteiger partial charge in [0.25, 0.3) is 0 Å². The van der Waals surface area contributed by atoms with E-state index in [4.69, 9.17) is 10.00 Å². The maximum Gasteiger partial charge on any atom is 0.244 e. The molecule has 7 nitrogen and oxygen atoms in total. The number of carbonyl (C=O) groups excluding carboxylic acids is 1. The second kappa shape index (κ2) is 7.69. The first-order chi connectivity index (χ1) is 13.7. The third-order valence-corrected chi connectivity index (χ3v) is 4.72. The molecule has 1 atom stereocenters. The standard InChI is InChI=1S/C18H15N5O2.C3H6/c1-25-17-4-2-3-14(21-17)13-9-16-15(5-7-20-23(16)11-13)22-8-6-12(10-19)18(22)24;1-2-3-1/h2-5,7,9,11-12H,6,8H2,1H3;1-3H2. The molecular weight excluding hydrogens is 354 g/mol. The molecule has 7 heteroatoms. The molecule has 5 rings (SSSR count). The topological polar surface area (TPSA) is 83.5 Å². The molecule has 2 aliphatic rings. The molecule has 28 heavy (non-hydrogen) atoms. The van der Waals surface area contributed by atoms with Crippen LogP contribution in [-0.2, 0) is 4.79 Å². The number of hydrogen-bond acceptors (Lipinski definition) is 5. The van der Waals surface area contributed by atoms with Crippen LogP contribution >= 0.6 is 0 Å². The number of carbonyl (C=O) groups is 1. The van der Waals surface area contributed by atoms with E-state index in [2.05, 4.69) is 16.2 Å². The molecule has 142 valence electrons. The van der Waals surface area contributed by atoms with Crippen molar-refractivity contribution in [3.05, 3.63) is 42.7 Å². The van der Waals surface area contributed by atoms with Gasteiger partial charge in [0.05, 0.1) is 30.1 Å². The predicted molar refractivity (Wildman–Crippen MR) is 105 cm³/mol. The van der Waals surface area contributed by atoms with Gasteiger partial charge in [0.2, 0.25) is 11.8 Å². The summed E-state index contributed by atoms with van der Waals surface area (Å²) in [6, 6.07) is 11.4. The molecule has 1 unspecified atom stereocenters. The van der Waals surface area contributed by atoms with E-state index in [1.165, 1.54) is 19.3 Å². The zero-order valence-electron chi connectivity index (χ0n) is 15.7. The highest BCUT2D eigenvalue weighted by molar-refractivity contribution is 6.02. The minimum atomic E-state index is -0.567. The highest BCUT2D eigenvalue weighted by Crippen LogP contribution is 2.31. The number of rotatable bonds is 3. The Labute approximate surface area is 163 Å². The Bertz CT molecular complexity index is 1050. The Kier molecular flexibility index (Phi) is 4.94. The van der Waals surface area contributed by atoms with Crippen LogP contribution in [0.1, 0.15) is 25.7 Å². The predicted octanol–water partition coefficient (Wildman–Crippen LogP) is 3.45. The quantitative estimate of drug-likeness (QED) is 0.700. The largest absolute Gasteiger partial charge is 0.481 e. The van der Waals surface area contributed by atoms with E-state index >= 15 is 0 Å². The number of amides is 1. The molecule has 0 spiro atoms. The Balaban J connectivity index is 0.000000586. The van der Waals surface area contributed by atoms with Gasteiger partial charge < -0.3 is 9.64 Å². The summed E-state index contributed by atoms with van der Waals surface area (Å²) in [6.45, 7) is 0.536. The van der Waals surface area contributed by atoms with E-state index in [1.807, 2.05) is 24.4 Å². The van der Waals surface area contributed by atoms with Crippen LogP contribution in [-0.4, -0.2) is 34.2 Å². The molecule has 1 aliphatic heterocycles. The van der Waals surface area contributed by atoms with Gasteiger partial charge >= 0.3 is 0 Å². The summed E-state index contributed by atoms with van der Waals surface area (Å²) in [6.07, 6.45) is 8.57. The summed E-state index contributed by atoms with van der Waals surface area (Å²) in [5.74, 6) is -0.187. The van der Waals surface area contributed by atoms with Crippen LogP contribution in [0.3, 0.4) is 0 Å². The summed E-state index contributed by atoms with van der Waals surface area (Å²) in [4.78, 5) is 18.5. The van der Waals surface area contributed by atoms with Crippen molar-refractivity contribution in [2.24, 2.45) is 5.92 Å². The molecule has 4 heterocycles. The monoisotopic (exact) mass is 375 g/mol. The van der Waals surface area contributed by atoms with Crippen molar-refractivity contribution < 1.29 is 9.53 Å². The SMILES string of the molecule is C1CC1.COc1cccc(-c2cc3c(N4CCC(C#N)C4=O)ccnn3c2)n1. The normalized spacial score (nSPS) is 17.8. The highest BCUT2D eigenvalue weighted by atomic mass is 16.5. The lowest BCUT2D eigenvalue weighted by molar-refractivity contribution is -0.118. The summed E-state index contributed by atoms with van der Waals surface area (Å²) in [7, 11) is 1.58. The second-order valence-electron chi connectivity index (χ2n) is 6.86. The van der Waals surface area contributed by atoms with Gasteiger partial charge in [-0.05, 0) is 24.6 Å². The molecule has 0 bridgehead atoms. The number of methoxy groups -OCH3 is 1. The highest BCUT2D eigenvalue weighted by Gasteiger charge is 2.33. The Morgan fingerprint density at radius 1 is 1.25 bits per heavy atom. The van der Waals surface area contributed by atoms with Crippen LogP contribution in [0.5, 0.6) is 5.88 Å². The van der Waals surface area contributed by atoms with Gasteiger partial charge in [-0.15, -0.1) is 0 Å². The lowest BCUT2D eigenvalue weighted by atomic mass is 10.1. The van der Waals surface area contributed by atoms with E-state index in [1.54, 1.807) is 34.9 Å². The van der Waals surface area contributed by atoms with Gasteiger partial charge in [0, 0.05) is 30.6 Å². The number of fused-ring (bicyclic) bond motifs is 1. The smallest absolute Gasteiger partial charge is 0.244 e. The van der Waals surface area contributed by atoms with Gasteiger partial charge in [0.15, 0.2) is 0 Å². The van der Waals surface area contributed by atoms with Crippen molar-refractivity contribution >= 4 is 17.1 Å². The van der Waals surface area contributed by atoms with E-state index in [0.717, 1.165) is 22.5 Å². The van der Waals surface area contributed by atoms with Crippen LogP contribution in [0, 0.1) is 17.2 Å². The summed E-state index contributed by atoms with van der Waals surface area (Å²) in [5, 5.41) is 13.4. The zero-order valence-corrected chi connectivity index (χ0v) is 15.7. The van der Waals surface area contributed by atoms with Crippen molar-refractivity contribution in [1.82, 2.24) is 14.6 Å². The molecule has 0 aromatic carbocycles. The number of anilines is 1. The van der Waals surface area contributed by atoms with Crippen LogP contribution in [0.4, 0.5) is 5.69 Å². The first-order valence-electron chi connectivity index (χ1n) is 9.41.